The van der Waals surface area contributed by atoms with E-state index in [1.54, 1.807) is 13.1 Å². The van der Waals surface area contributed by atoms with Gasteiger partial charge in [-0.3, -0.25) is 14.5 Å². The number of rotatable bonds is 2. The van der Waals surface area contributed by atoms with E-state index in [-0.39, 0.29) is 17.2 Å². The highest BCUT2D eigenvalue weighted by atomic mass is 16.1. The van der Waals surface area contributed by atoms with Gasteiger partial charge in [0.1, 0.15) is 5.82 Å². The number of Topliss-reactive ketones (excluding diaryl/α,β-unsaturated/α-hetero) is 1. The molecular weight excluding hydrogens is 292 g/mol. The molecule has 6 heteroatoms. The zero-order valence-corrected chi connectivity index (χ0v) is 13.8. The van der Waals surface area contributed by atoms with Gasteiger partial charge in [0.2, 0.25) is 5.91 Å². The Morgan fingerprint density at radius 3 is 2.83 bits per heavy atom. The zero-order valence-electron chi connectivity index (χ0n) is 13.8. The summed E-state index contributed by atoms with van der Waals surface area (Å²) in [4.78, 5) is 32.2. The SMILES string of the molecule is CC(=O)c1ccc(N2CCN(C)[C@]3(CCNC(=O)CC3)C2)nc1. The number of ketones is 1. The van der Waals surface area contributed by atoms with Crippen molar-refractivity contribution in [2.45, 2.75) is 31.7 Å². The summed E-state index contributed by atoms with van der Waals surface area (Å²) in [7, 11) is 2.15. The second kappa shape index (κ2) is 6.28. The molecule has 0 saturated carbocycles. The second-order valence-electron chi connectivity index (χ2n) is 6.63. The molecule has 2 fully saturated rings. The molecule has 0 aliphatic carbocycles. The third kappa shape index (κ3) is 3.22. The van der Waals surface area contributed by atoms with E-state index in [2.05, 4.69) is 27.1 Å². The quantitative estimate of drug-likeness (QED) is 0.827. The number of aromatic nitrogens is 1. The summed E-state index contributed by atoms with van der Waals surface area (Å²) in [6.07, 6.45) is 4.06. The maximum absolute atomic E-state index is 11.7. The van der Waals surface area contributed by atoms with Crippen LogP contribution in [-0.4, -0.2) is 60.3 Å². The molecule has 124 valence electrons. The summed E-state index contributed by atoms with van der Waals surface area (Å²) >= 11 is 0. The van der Waals surface area contributed by atoms with Crippen molar-refractivity contribution < 1.29 is 9.59 Å². The Hall–Kier alpha value is -1.95. The van der Waals surface area contributed by atoms with Gasteiger partial charge in [-0.15, -0.1) is 0 Å². The van der Waals surface area contributed by atoms with Crippen LogP contribution in [0.4, 0.5) is 5.82 Å². The fraction of sp³-hybridized carbons (Fsp3) is 0.588. The van der Waals surface area contributed by atoms with Gasteiger partial charge in [0, 0.05) is 49.9 Å². The third-order valence-corrected chi connectivity index (χ3v) is 5.21. The molecule has 0 bridgehead atoms. The van der Waals surface area contributed by atoms with Crippen molar-refractivity contribution in [3.8, 4) is 0 Å². The summed E-state index contributed by atoms with van der Waals surface area (Å²) in [5.41, 5.74) is 0.653. The maximum Gasteiger partial charge on any atom is 0.220 e. The monoisotopic (exact) mass is 316 g/mol. The number of anilines is 1. The number of carbonyl (C=O) groups excluding carboxylic acids is 2. The number of piperazine rings is 1. The van der Waals surface area contributed by atoms with Gasteiger partial charge in [0.05, 0.1) is 0 Å². The van der Waals surface area contributed by atoms with Gasteiger partial charge in [-0.05, 0) is 38.9 Å². The molecule has 1 atom stereocenters. The van der Waals surface area contributed by atoms with Gasteiger partial charge in [0.15, 0.2) is 5.78 Å². The average molecular weight is 316 g/mol. The van der Waals surface area contributed by atoms with Crippen LogP contribution < -0.4 is 10.2 Å². The van der Waals surface area contributed by atoms with Gasteiger partial charge in [-0.2, -0.15) is 0 Å². The largest absolute Gasteiger partial charge is 0.356 e. The summed E-state index contributed by atoms with van der Waals surface area (Å²) in [6, 6.07) is 3.77. The van der Waals surface area contributed by atoms with Crippen LogP contribution in [0.2, 0.25) is 0 Å². The van der Waals surface area contributed by atoms with E-state index in [1.165, 1.54) is 0 Å². The van der Waals surface area contributed by atoms with E-state index in [4.69, 9.17) is 0 Å². The number of nitrogens with zero attached hydrogens (tertiary/aromatic N) is 3. The molecule has 2 aliphatic heterocycles. The van der Waals surface area contributed by atoms with Crippen molar-refractivity contribution in [1.29, 1.82) is 0 Å². The van der Waals surface area contributed by atoms with Crippen LogP contribution in [0.3, 0.4) is 0 Å². The number of carbonyl (C=O) groups is 2. The molecule has 0 aromatic carbocycles. The van der Waals surface area contributed by atoms with Crippen LogP contribution in [0.1, 0.15) is 36.5 Å². The molecule has 0 radical (unpaired) electrons. The van der Waals surface area contributed by atoms with E-state index in [1.807, 2.05) is 12.1 Å². The zero-order chi connectivity index (χ0) is 16.4. The number of amides is 1. The van der Waals surface area contributed by atoms with E-state index in [9.17, 15) is 9.59 Å². The Kier molecular flexibility index (Phi) is 4.35. The molecule has 3 rings (SSSR count). The normalized spacial score (nSPS) is 26.0. The molecule has 1 N–H and O–H groups in total. The van der Waals surface area contributed by atoms with Crippen LogP contribution in [-0.2, 0) is 4.79 Å². The summed E-state index contributed by atoms with van der Waals surface area (Å²) < 4.78 is 0. The third-order valence-electron chi connectivity index (χ3n) is 5.21. The maximum atomic E-state index is 11.7. The Bertz CT molecular complexity index is 601. The number of hydrogen-bond donors (Lipinski definition) is 1. The number of hydrogen-bond acceptors (Lipinski definition) is 5. The molecule has 1 spiro atoms. The lowest BCUT2D eigenvalue weighted by atomic mass is 9.86. The molecule has 23 heavy (non-hydrogen) atoms. The Morgan fingerprint density at radius 2 is 2.13 bits per heavy atom. The van der Waals surface area contributed by atoms with Gasteiger partial charge >= 0.3 is 0 Å². The van der Waals surface area contributed by atoms with Crippen LogP contribution in [0.5, 0.6) is 0 Å². The minimum absolute atomic E-state index is 0.0122. The van der Waals surface area contributed by atoms with Crippen molar-refractivity contribution >= 4 is 17.5 Å². The Morgan fingerprint density at radius 1 is 1.30 bits per heavy atom. The van der Waals surface area contributed by atoms with Crippen molar-refractivity contribution in [2.24, 2.45) is 0 Å². The molecule has 0 unspecified atom stereocenters. The highest BCUT2D eigenvalue weighted by Crippen LogP contribution is 2.32. The van der Waals surface area contributed by atoms with Crippen LogP contribution in [0.15, 0.2) is 18.3 Å². The minimum Gasteiger partial charge on any atom is -0.356 e. The lowest BCUT2D eigenvalue weighted by Gasteiger charge is -2.49. The van der Waals surface area contributed by atoms with Gasteiger partial charge < -0.3 is 10.2 Å². The lowest BCUT2D eigenvalue weighted by Crippen LogP contribution is -2.61. The first-order valence-electron chi connectivity index (χ1n) is 8.20. The Labute approximate surface area is 136 Å². The van der Waals surface area contributed by atoms with E-state index >= 15 is 0 Å². The van der Waals surface area contributed by atoms with E-state index < -0.39 is 0 Å². The van der Waals surface area contributed by atoms with Gasteiger partial charge in [0.25, 0.3) is 0 Å². The summed E-state index contributed by atoms with van der Waals surface area (Å²) in [5, 5.41) is 2.97. The molecule has 1 aromatic rings. The molecule has 1 amide bonds. The van der Waals surface area contributed by atoms with Crippen LogP contribution in [0, 0.1) is 0 Å². The average Bonchev–Trinajstić information content (AvgIpc) is 2.73. The van der Waals surface area contributed by atoms with Crippen molar-refractivity contribution in [3.63, 3.8) is 0 Å². The van der Waals surface area contributed by atoms with E-state index in [0.717, 1.165) is 44.8 Å². The number of nitrogens with one attached hydrogen (secondary N) is 1. The number of likely N-dealkylation sites (N-methyl/N-ethyl adjacent to an activating group) is 1. The van der Waals surface area contributed by atoms with Gasteiger partial charge in [-0.25, -0.2) is 4.98 Å². The standard InChI is InChI=1S/C17H24N4O2/c1-13(22)14-3-4-15(19-11-14)21-10-9-20(2)17(12-21)6-5-16(23)18-8-7-17/h3-4,11H,5-10,12H2,1-2H3,(H,18,23)/t17-/m1/s1. The molecular formula is C17H24N4O2. The molecule has 1 aromatic heterocycles. The van der Waals surface area contributed by atoms with Crippen molar-refractivity contribution in [1.82, 2.24) is 15.2 Å². The van der Waals surface area contributed by atoms with E-state index in [0.29, 0.717) is 12.0 Å². The molecule has 2 aliphatic rings. The summed E-state index contributed by atoms with van der Waals surface area (Å²) in [5.74, 6) is 1.09. The first kappa shape index (κ1) is 15.9. The van der Waals surface area contributed by atoms with Crippen molar-refractivity contribution in [3.05, 3.63) is 23.9 Å². The number of pyridine rings is 1. The van der Waals surface area contributed by atoms with Gasteiger partial charge in [-0.1, -0.05) is 0 Å². The lowest BCUT2D eigenvalue weighted by molar-refractivity contribution is -0.120. The predicted octanol–water partition coefficient (Wildman–Crippen LogP) is 1.07. The topological polar surface area (TPSA) is 65.5 Å². The van der Waals surface area contributed by atoms with Crippen molar-refractivity contribution in [2.75, 3.05) is 38.1 Å². The molecule has 6 nitrogen and oxygen atoms in total. The first-order chi connectivity index (χ1) is 11.0. The second-order valence-corrected chi connectivity index (χ2v) is 6.63. The van der Waals surface area contributed by atoms with Crippen LogP contribution >= 0.6 is 0 Å². The fourth-order valence-electron chi connectivity index (χ4n) is 3.57. The molecule has 3 heterocycles. The van der Waals surface area contributed by atoms with Crippen LogP contribution in [0.25, 0.3) is 0 Å². The Balaban J connectivity index is 1.79. The predicted molar refractivity (Wildman–Crippen MR) is 88.7 cm³/mol. The first-order valence-corrected chi connectivity index (χ1v) is 8.20. The summed E-state index contributed by atoms with van der Waals surface area (Å²) in [6.45, 7) is 5.01. The highest BCUT2D eigenvalue weighted by Gasteiger charge is 2.41. The highest BCUT2D eigenvalue weighted by molar-refractivity contribution is 5.93. The minimum atomic E-state index is 0.0122. The fourth-order valence-corrected chi connectivity index (χ4v) is 3.57. The molecule has 2 saturated heterocycles. The smallest absolute Gasteiger partial charge is 0.220 e.